The molecule has 0 spiro atoms. The number of sulfonamides is 1. The van der Waals surface area contributed by atoms with Crippen molar-refractivity contribution in [1.82, 2.24) is 14.2 Å². The molecular formula is C25H37N3O5S. The molecule has 0 N–H and O–H groups in total. The zero-order valence-electron chi connectivity index (χ0n) is 21.1. The average Bonchev–Trinajstić information content (AvgIpc) is 2.99. The summed E-state index contributed by atoms with van der Waals surface area (Å²) in [6, 6.07) is 6.52. The van der Waals surface area contributed by atoms with E-state index in [0.717, 1.165) is 6.42 Å². The number of hydrogen-bond acceptors (Lipinski definition) is 6. The van der Waals surface area contributed by atoms with Crippen LogP contribution in [0.3, 0.4) is 0 Å². The Morgan fingerprint density at radius 2 is 1.91 bits per heavy atom. The van der Waals surface area contributed by atoms with E-state index in [4.69, 9.17) is 9.47 Å². The predicted octanol–water partition coefficient (Wildman–Crippen LogP) is 4.68. The molecule has 2 aromatic rings. The third kappa shape index (κ3) is 5.99. The number of aromatic nitrogens is 1. The van der Waals surface area contributed by atoms with Crippen LogP contribution in [-0.2, 0) is 14.8 Å². The van der Waals surface area contributed by atoms with E-state index in [1.807, 2.05) is 26.8 Å². The van der Waals surface area contributed by atoms with E-state index in [-0.39, 0.29) is 10.9 Å². The van der Waals surface area contributed by atoms with Crippen molar-refractivity contribution in [3.8, 4) is 5.88 Å². The van der Waals surface area contributed by atoms with Gasteiger partial charge >= 0.3 is 6.09 Å². The number of rotatable bonds is 6. The fourth-order valence-corrected chi connectivity index (χ4v) is 6.16. The predicted molar refractivity (Wildman–Crippen MR) is 132 cm³/mol. The van der Waals surface area contributed by atoms with Crippen LogP contribution >= 0.6 is 0 Å². The second-order valence-electron chi connectivity index (χ2n) is 10.2. The van der Waals surface area contributed by atoms with Gasteiger partial charge in [-0.05, 0) is 64.2 Å². The molecule has 0 aliphatic carbocycles. The van der Waals surface area contributed by atoms with Crippen molar-refractivity contribution in [1.29, 1.82) is 0 Å². The third-order valence-electron chi connectivity index (χ3n) is 5.88. The second kappa shape index (κ2) is 10.5. The Labute approximate surface area is 203 Å². The maximum Gasteiger partial charge on any atom is 0.410 e. The van der Waals surface area contributed by atoms with E-state index in [1.165, 1.54) is 7.11 Å². The second-order valence-corrected chi connectivity index (χ2v) is 12.1. The van der Waals surface area contributed by atoms with Crippen LogP contribution in [0.4, 0.5) is 4.79 Å². The first-order chi connectivity index (χ1) is 15.9. The molecule has 1 aromatic heterocycles. The first kappa shape index (κ1) is 26.2. The molecule has 9 heteroatoms. The van der Waals surface area contributed by atoms with E-state index < -0.39 is 21.7 Å². The molecule has 1 aromatic carbocycles. The van der Waals surface area contributed by atoms with Crippen LogP contribution in [-0.4, -0.2) is 67.1 Å². The van der Waals surface area contributed by atoms with Crippen molar-refractivity contribution in [2.24, 2.45) is 5.92 Å². The Morgan fingerprint density at radius 3 is 2.56 bits per heavy atom. The van der Waals surface area contributed by atoms with Gasteiger partial charge in [-0.1, -0.05) is 19.9 Å². The number of carbonyl (C=O) groups is 1. The number of hydrogen-bond donors (Lipinski definition) is 0. The molecule has 1 atom stereocenters. The van der Waals surface area contributed by atoms with Crippen LogP contribution in [0.25, 0.3) is 10.8 Å². The van der Waals surface area contributed by atoms with Crippen LogP contribution in [0.5, 0.6) is 5.88 Å². The molecule has 8 nitrogen and oxygen atoms in total. The molecule has 3 rings (SSSR count). The van der Waals surface area contributed by atoms with Gasteiger partial charge in [-0.15, -0.1) is 0 Å². The van der Waals surface area contributed by atoms with E-state index >= 15 is 0 Å². The standard InChI is InChI=1S/C25H37N3O5S/c1-18(2)11-12-19-17-27(24(29)33-25(3,4)5)15-8-16-28(19)34(30,31)22-10-7-9-21-20(22)13-14-26-23(21)32-6/h7,9-10,13-14,18-19H,8,11-12,15-17H2,1-6H3. The zero-order chi connectivity index (χ0) is 25.1. The smallest absolute Gasteiger partial charge is 0.410 e. The summed E-state index contributed by atoms with van der Waals surface area (Å²) in [6.07, 6.45) is 3.20. The monoisotopic (exact) mass is 491 g/mol. The number of nitrogens with zero attached hydrogens (tertiary/aromatic N) is 3. The number of carbonyl (C=O) groups excluding carboxylic acids is 1. The molecule has 0 bridgehead atoms. The minimum atomic E-state index is -3.85. The minimum Gasteiger partial charge on any atom is -0.481 e. The molecule has 34 heavy (non-hydrogen) atoms. The lowest BCUT2D eigenvalue weighted by molar-refractivity contribution is 0.0237. The van der Waals surface area contributed by atoms with Crippen molar-refractivity contribution < 1.29 is 22.7 Å². The summed E-state index contributed by atoms with van der Waals surface area (Å²) >= 11 is 0. The Balaban J connectivity index is 2.00. The van der Waals surface area contributed by atoms with Crippen LogP contribution in [0, 0.1) is 5.92 Å². The molecule has 0 radical (unpaired) electrons. The molecule has 2 heterocycles. The number of ether oxygens (including phenoxy) is 2. The summed E-state index contributed by atoms with van der Waals surface area (Å²) in [5.74, 6) is 0.800. The Kier molecular flexibility index (Phi) is 8.08. The lowest BCUT2D eigenvalue weighted by Crippen LogP contribution is -2.46. The SMILES string of the molecule is COc1nccc2c(S(=O)(=O)N3CCCN(C(=O)OC(C)(C)C)CC3CCC(C)C)cccc12. The van der Waals surface area contributed by atoms with Crippen LogP contribution < -0.4 is 4.74 Å². The average molecular weight is 492 g/mol. The summed E-state index contributed by atoms with van der Waals surface area (Å²) in [5.41, 5.74) is -0.612. The molecule has 188 valence electrons. The fourth-order valence-electron chi connectivity index (χ4n) is 4.27. The van der Waals surface area contributed by atoms with Gasteiger partial charge in [0.2, 0.25) is 15.9 Å². The normalized spacial score (nSPS) is 18.2. The first-order valence-corrected chi connectivity index (χ1v) is 13.3. The van der Waals surface area contributed by atoms with Gasteiger partial charge in [0, 0.05) is 42.6 Å². The highest BCUT2D eigenvalue weighted by molar-refractivity contribution is 7.89. The zero-order valence-corrected chi connectivity index (χ0v) is 21.9. The summed E-state index contributed by atoms with van der Waals surface area (Å²) in [5, 5.41) is 1.22. The molecule has 1 amide bonds. The van der Waals surface area contributed by atoms with E-state index in [9.17, 15) is 13.2 Å². The number of amides is 1. The number of fused-ring (bicyclic) bond motifs is 1. The minimum absolute atomic E-state index is 0.228. The topological polar surface area (TPSA) is 89.0 Å². The summed E-state index contributed by atoms with van der Waals surface area (Å²) in [7, 11) is -2.33. The fraction of sp³-hybridized carbons (Fsp3) is 0.600. The Morgan fingerprint density at radius 1 is 1.18 bits per heavy atom. The van der Waals surface area contributed by atoms with Crippen LogP contribution in [0.15, 0.2) is 35.4 Å². The van der Waals surface area contributed by atoms with Crippen LogP contribution in [0.1, 0.15) is 53.9 Å². The Hall–Kier alpha value is -2.39. The first-order valence-electron chi connectivity index (χ1n) is 11.9. The highest BCUT2D eigenvalue weighted by Gasteiger charge is 2.37. The summed E-state index contributed by atoms with van der Waals surface area (Å²) < 4.78 is 40.6. The maximum atomic E-state index is 14.0. The highest BCUT2D eigenvalue weighted by Crippen LogP contribution is 2.32. The lowest BCUT2D eigenvalue weighted by Gasteiger charge is -2.32. The van der Waals surface area contributed by atoms with Gasteiger partial charge in [0.25, 0.3) is 0 Å². The molecule has 1 unspecified atom stereocenters. The number of methoxy groups -OCH3 is 1. The third-order valence-corrected chi connectivity index (χ3v) is 7.89. The quantitative estimate of drug-likeness (QED) is 0.583. The molecule has 1 aliphatic rings. The Bertz CT molecular complexity index is 1110. The highest BCUT2D eigenvalue weighted by atomic mass is 32.2. The van der Waals surface area contributed by atoms with Crippen molar-refractivity contribution in [3.63, 3.8) is 0 Å². The van der Waals surface area contributed by atoms with Crippen molar-refractivity contribution in [2.75, 3.05) is 26.7 Å². The van der Waals surface area contributed by atoms with Gasteiger partial charge in [-0.3, -0.25) is 0 Å². The van der Waals surface area contributed by atoms with Crippen molar-refractivity contribution in [3.05, 3.63) is 30.5 Å². The van der Waals surface area contributed by atoms with Gasteiger partial charge in [-0.25, -0.2) is 18.2 Å². The molecule has 1 aliphatic heterocycles. The maximum absolute atomic E-state index is 14.0. The van der Waals surface area contributed by atoms with Gasteiger partial charge in [0.1, 0.15) is 5.60 Å². The van der Waals surface area contributed by atoms with Gasteiger partial charge < -0.3 is 14.4 Å². The lowest BCUT2D eigenvalue weighted by atomic mass is 10.0. The van der Waals surface area contributed by atoms with E-state index in [0.29, 0.717) is 55.0 Å². The van der Waals surface area contributed by atoms with Crippen molar-refractivity contribution in [2.45, 2.75) is 70.4 Å². The van der Waals surface area contributed by atoms with Gasteiger partial charge in [-0.2, -0.15) is 4.31 Å². The van der Waals surface area contributed by atoms with Gasteiger partial charge in [0.15, 0.2) is 0 Å². The van der Waals surface area contributed by atoms with E-state index in [1.54, 1.807) is 33.6 Å². The molecule has 0 saturated carbocycles. The molecular weight excluding hydrogens is 454 g/mol. The molecule has 1 fully saturated rings. The molecule has 1 saturated heterocycles. The van der Waals surface area contributed by atoms with Gasteiger partial charge in [0.05, 0.1) is 12.0 Å². The largest absolute Gasteiger partial charge is 0.481 e. The van der Waals surface area contributed by atoms with Crippen LogP contribution in [0.2, 0.25) is 0 Å². The van der Waals surface area contributed by atoms with E-state index in [2.05, 4.69) is 18.8 Å². The number of benzene rings is 1. The summed E-state index contributed by atoms with van der Waals surface area (Å²) in [4.78, 5) is 18.9. The number of pyridine rings is 1. The summed E-state index contributed by atoms with van der Waals surface area (Å²) in [6.45, 7) is 10.8. The van der Waals surface area contributed by atoms with Crippen molar-refractivity contribution >= 4 is 26.9 Å².